The van der Waals surface area contributed by atoms with Crippen molar-refractivity contribution in [2.45, 2.75) is 19.8 Å². The fourth-order valence-electron chi connectivity index (χ4n) is 2.46. The maximum Gasteiger partial charge on any atom is 0.358 e. The molecule has 0 amide bonds. The van der Waals surface area contributed by atoms with Crippen LogP contribution in [-0.4, -0.2) is 52.1 Å². The summed E-state index contributed by atoms with van der Waals surface area (Å²) in [6.07, 6.45) is 5.23. The van der Waals surface area contributed by atoms with Gasteiger partial charge < -0.3 is 15.3 Å². The fraction of sp³-hybridized carbons (Fsp3) is 0.615. The number of aromatic carboxylic acids is 1. The predicted molar refractivity (Wildman–Crippen MR) is 72.3 cm³/mol. The second-order valence-corrected chi connectivity index (χ2v) is 4.89. The average Bonchev–Trinajstić information content (AvgIpc) is 2.85. The lowest BCUT2D eigenvalue weighted by atomic mass is 10.1. The number of anilines is 1. The number of likely N-dealkylation sites (tertiary alicyclic amines) is 1. The van der Waals surface area contributed by atoms with Crippen molar-refractivity contribution < 1.29 is 9.90 Å². The summed E-state index contributed by atoms with van der Waals surface area (Å²) in [4.78, 5) is 21.3. The zero-order valence-electron chi connectivity index (χ0n) is 11.2. The standard InChI is InChI=1S/C13H20N4O2/c1-2-6-17-7-3-10(9-17)8-16-12-11(13(18)19)14-4-5-15-12/h4-5,10H,2-3,6-9H2,1H3,(H,15,16)(H,18,19)/t10-/m0/s1. The number of aromatic nitrogens is 2. The number of nitrogens with zero attached hydrogens (tertiary/aromatic N) is 3. The van der Waals surface area contributed by atoms with Gasteiger partial charge >= 0.3 is 5.97 Å². The van der Waals surface area contributed by atoms with E-state index in [0.717, 1.165) is 32.6 Å². The Morgan fingerprint density at radius 3 is 3.05 bits per heavy atom. The van der Waals surface area contributed by atoms with Crippen molar-refractivity contribution in [2.24, 2.45) is 5.92 Å². The highest BCUT2D eigenvalue weighted by Crippen LogP contribution is 2.17. The Hall–Kier alpha value is -1.69. The average molecular weight is 264 g/mol. The largest absolute Gasteiger partial charge is 0.476 e. The molecule has 0 unspecified atom stereocenters. The fourth-order valence-corrected chi connectivity index (χ4v) is 2.46. The monoisotopic (exact) mass is 264 g/mol. The van der Waals surface area contributed by atoms with Crippen LogP contribution in [0.15, 0.2) is 12.4 Å². The first-order valence-electron chi connectivity index (χ1n) is 6.71. The molecule has 0 bridgehead atoms. The van der Waals surface area contributed by atoms with Crippen LogP contribution in [0.3, 0.4) is 0 Å². The van der Waals surface area contributed by atoms with Gasteiger partial charge in [-0.15, -0.1) is 0 Å². The van der Waals surface area contributed by atoms with Crippen molar-refractivity contribution in [2.75, 3.05) is 31.5 Å². The van der Waals surface area contributed by atoms with E-state index in [4.69, 9.17) is 5.11 Å². The van der Waals surface area contributed by atoms with Crippen molar-refractivity contribution in [3.63, 3.8) is 0 Å². The Morgan fingerprint density at radius 2 is 2.32 bits per heavy atom. The van der Waals surface area contributed by atoms with Crippen molar-refractivity contribution in [3.05, 3.63) is 18.1 Å². The molecule has 1 fully saturated rings. The molecule has 0 spiro atoms. The highest BCUT2D eigenvalue weighted by Gasteiger charge is 2.22. The van der Waals surface area contributed by atoms with Crippen LogP contribution >= 0.6 is 0 Å². The number of carboxylic acids is 1. The van der Waals surface area contributed by atoms with E-state index in [0.29, 0.717) is 11.7 Å². The van der Waals surface area contributed by atoms with Crippen molar-refractivity contribution in [1.82, 2.24) is 14.9 Å². The summed E-state index contributed by atoms with van der Waals surface area (Å²) in [5, 5.41) is 12.1. The van der Waals surface area contributed by atoms with Gasteiger partial charge in [0.25, 0.3) is 0 Å². The van der Waals surface area contributed by atoms with Gasteiger partial charge in [0, 0.05) is 25.5 Å². The van der Waals surface area contributed by atoms with Crippen molar-refractivity contribution >= 4 is 11.8 Å². The van der Waals surface area contributed by atoms with Gasteiger partial charge in [0.2, 0.25) is 0 Å². The molecular formula is C13H20N4O2. The molecule has 2 N–H and O–H groups in total. The molecule has 1 atom stereocenters. The first-order chi connectivity index (χ1) is 9.20. The Labute approximate surface area is 112 Å². The summed E-state index contributed by atoms with van der Waals surface area (Å²) in [6, 6.07) is 0. The van der Waals surface area contributed by atoms with Crippen LogP contribution in [0, 0.1) is 5.92 Å². The van der Waals surface area contributed by atoms with Gasteiger partial charge in [-0.1, -0.05) is 6.92 Å². The van der Waals surface area contributed by atoms with Crippen LogP contribution in [-0.2, 0) is 0 Å². The van der Waals surface area contributed by atoms with E-state index in [2.05, 4.69) is 27.1 Å². The Balaban J connectivity index is 1.88. The quantitative estimate of drug-likeness (QED) is 0.806. The molecule has 6 nitrogen and oxygen atoms in total. The third-order valence-corrected chi connectivity index (χ3v) is 3.37. The molecule has 2 rings (SSSR count). The predicted octanol–water partition coefficient (Wildman–Crippen LogP) is 1.32. The topological polar surface area (TPSA) is 78.3 Å². The molecule has 2 heterocycles. The molecule has 1 aliphatic heterocycles. The molecule has 1 aromatic rings. The highest BCUT2D eigenvalue weighted by molar-refractivity contribution is 5.90. The lowest BCUT2D eigenvalue weighted by Crippen LogP contribution is -2.24. The van der Waals surface area contributed by atoms with Crippen LogP contribution in [0.2, 0.25) is 0 Å². The van der Waals surface area contributed by atoms with Gasteiger partial charge in [0.15, 0.2) is 11.5 Å². The molecule has 1 saturated heterocycles. The summed E-state index contributed by atoms with van der Waals surface area (Å²) in [5.41, 5.74) is -0.00842. The molecule has 6 heteroatoms. The number of carboxylic acid groups (broad SMARTS) is 1. The minimum Gasteiger partial charge on any atom is -0.476 e. The molecule has 0 saturated carbocycles. The summed E-state index contributed by atoms with van der Waals surface area (Å²) >= 11 is 0. The van der Waals surface area contributed by atoms with Crippen LogP contribution in [0.4, 0.5) is 5.82 Å². The molecule has 19 heavy (non-hydrogen) atoms. The summed E-state index contributed by atoms with van der Waals surface area (Å²) in [5.74, 6) is -0.131. The minimum absolute atomic E-state index is 0.00842. The highest BCUT2D eigenvalue weighted by atomic mass is 16.4. The number of hydrogen-bond donors (Lipinski definition) is 2. The minimum atomic E-state index is -1.05. The van der Waals surface area contributed by atoms with Crippen LogP contribution < -0.4 is 5.32 Å². The number of nitrogens with one attached hydrogen (secondary N) is 1. The third-order valence-electron chi connectivity index (χ3n) is 3.37. The molecule has 0 aliphatic carbocycles. The molecule has 0 aromatic carbocycles. The van der Waals surface area contributed by atoms with Crippen LogP contribution in [0.25, 0.3) is 0 Å². The number of hydrogen-bond acceptors (Lipinski definition) is 5. The first kappa shape index (κ1) is 13.7. The van der Waals surface area contributed by atoms with E-state index in [1.165, 1.54) is 18.8 Å². The molecule has 1 aliphatic rings. The maximum atomic E-state index is 11.0. The van der Waals surface area contributed by atoms with Crippen molar-refractivity contribution in [3.8, 4) is 0 Å². The van der Waals surface area contributed by atoms with Gasteiger partial charge in [0.1, 0.15) is 0 Å². The maximum absolute atomic E-state index is 11.0. The second-order valence-electron chi connectivity index (χ2n) is 4.89. The smallest absolute Gasteiger partial charge is 0.358 e. The second kappa shape index (κ2) is 6.47. The summed E-state index contributed by atoms with van der Waals surface area (Å²) in [6.45, 7) is 6.28. The van der Waals surface area contributed by atoms with E-state index >= 15 is 0 Å². The normalized spacial score (nSPS) is 19.5. The third kappa shape index (κ3) is 3.64. The Morgan fingerprint density at radius 1 is 1.53 bits per heavy atom. The van der Waals surface area contributed by atoms with E-state index in [1.807, 2.05) is 0 Å². The van der Waals surface area contributed by atoms with E-state index in [-0.39, 0.29) is 5.69 Å². The summed E-state index contributed by atoms with van der Waals surface area (Å²) < 4.78 is 0. The lowest BCUT2D eigenvalue weighted by molar-refractivity contribution is 0.0691. The van der Waals surface area contributed by atoms with Gasteiger partial charge in [0.05, 0.1) is 0 Å². The van der Waals surface area contributed by atoms with E-state index in [1.54, 1.807) is 0 Å². The van der Waals surface area contributed by atoms with Crippen LogP contribution in [0.1, 0.15) is 30.3 Å². The number of rotatable bonds is 6. The zero-order valence-corrected chi connectivity index (χ0v) is 11.2. The van der Waals surface area contributed by atoms with E-state index in [9.17, 15) is 4.79 Å². The van der Waals surface area contributed by atoms with Gasteiger partial charge in [-0.3, -0.25) is 0 Å². The SMILES string of the molecule is CCCN1CC[C@@H](CNc2nccnc2C(=O)O)C1. The van der Waals surface area contributed by atoms with Gasteiger partial charge in [-0.05, 0) is 31.8 Å². The van der Waals surface area contributed by atoms with Gasteiger partial charge in [-0.25, -0.2) is 14.8 Å². The summed E-state index contributed by atoms with van der Waals surface area (Å²) in [7, 11) is 0. The molecular weight excluding hydrogens is 244 g/mol. The zero-order chi connectivity index (χ0) is 13.7. The van der Waals surface area contributed by atoms with Crippen molar-refractivity contribution in [1.29, 1.82) is 0 Å². The Kier molecular flexibility index (Phi) is 4.68. The number of carbonyl (C=O) groups is 1. The van der Waals surface area contributed by atoms with Gasteiger partial charge in [-0.2, -0.15) is 0 Å². The van der Waals surface area contributed by atoms with Crippen LogP contribution in [0.5, 0.6) is 0 Å². The Bertz CT molecular complexity index is 438. The molecule has 1 aromatic heterocycles. The first-order valence-corrected chi connectivity index (χ1v) is 6.71. The lowest BCUT2D eigenvalue weighted by Gasteiger charge is -2.15. The molecule has 0 radical (unpaired) electrons. The molecule has 104 valence electrons. The van der Waals surface area contributed by atoms with E-state index < -0.39 is 5.97 Å².